The van der Waals surface area contributed by atoms with E-state index in [0.29, 0.717) is 13.1 Å². The van der Waals surface area contributed by atoms with E-state index in [4.69, 9.17) is 10.5 Å². The van der Waals surface area contributed by atoms with Crippen LogP contribution in [0.2, 0.25) is 0 Å². The summed E-state index contributed by atoms with van der Waals surface area (Å²) in [6.45, 7) is 5.44. The van der Waals surface area contributed by atoms with Gasteiger partial charge in [0.2, 0.25) is 10.0 Å². The number of sulfonamides is 1. The van der Waals surface area contributed by atoms with Crippen molar-refractivity contribution in [2.75, 3.05) is 26.2 Å². The molecule has 0 N–H and O–H groups in total. The van der Waals surface area contributed by atoms with Crippen molar-refractivity contribution in [3.8, 4) is 12.1 Å². The number of benzene rings is 1. The number of nitriles is 2. The van der Waals surface area contributed by atoms with Gasteiger partial charge >= 0.3 is 0 Å². The average molecular weight is 403 g/mol. The Bertz CT molecular complexity index is 857. The van der Waals surface area contributed by atoms with Gasteiger partial charge in [0.15, 0.2) is 0 Å². The number of carbonyl (C=O) groups excluding carboxylic acids is 1. The molecule has 8 heteroatoms. The van der Waals surface area contributed by atoms with Gasteiger partial charge < -0.3 is 4.90 Å². The lowest BCUT2D eigenvalue weighted by atomic mass is 9.94. The van der Waals surface area contributed by atoms with Crippen molar-refractivity contribution < 1.29 is 13.2 Å². The molecule has 2 unspecified atom stereocenters. The Hall–Kier alpha value is -2.42. The lowest BCUT2D eigenvalue weighted by Crippen LogP contribution is -2.42. The molecule has 1 fully saturated rings. The molecule has 2 rings (SSSR count). The molecule has 0 spiro atoms. The molecule has 1 aromatic rings. The summed E-state index contributed by atoms with van der Waals surface area (Å²) in [6, 6.07) is 10.0. The van der Waals surface area contributed by atoms with Gasteiger partial charge in [0, 0.05) is 31.7 Å². The van der Waals surface area contributed by atoms with E-state index in [1.165, 1.54) is 21.3 Å². The Morgan fingerprint density at radius 3 is 2.25 bits per heavy atom. The van der Waals surface area contributed by atoms with Crippen LogP contribution in [0.4, 0.5) is 0 Å². The van der Waals surface area contributed by atoms with Crippen LogP contribution >= 0.6 is 0 Å². The van der Waals surface area contributed by atoms with E-state index in [-0.39, 0.29) is 54.1 Å². The van der Waals surface area contributed by atoms with E-state index in [2.05, 4.69) is 0 Å². The third-order valence-electron chi connectivity index (χ3n) is 4.83. The summed E-state index contributed by atoms with van der Waals surface area (Å²) in [5, 5.41) is 17.6. The van der Waals surface area contributed by atoms with Gasteiger partial charge in [0.1, 0.15) is 0 Å². The maximum absolute atomic E-state index is 13.1. The number of hydrogen-bond donors (Lipinski definition) is 0. The summed E-state index contributed by atoms with van der Waals surface area (Å²) < 4.78 is 27.7. The van der Waals surface area contributed by atoms with Crippen LogP contribution in [0, 0.1) is 34.5 Å². The molecule has 0 saturated carbocycles. The van der Waals surface area contributed by atoms with Gasteiger partial charge in [-0.1, -0.05) is 19.9 Å². The minimum absolute atomic E-state index is 0.0974. The second-order valence-corrected chi connectivity index (χ2v) is 9.34. The molecular weight excluding hydrogens is 376 g/mol. The maximum Gasteiger partial charge on any atom is 0.253 e. The second-order valence-electron chi connectivity index (χ2n) is 7.40. The van der Waals surface area contributed by atoms with Crippen molar-refractivity contribution in [3.05, 3.63) is 29.8 Å². The van der Waals surface area contributed by atoms with Crippen LogP contribution in [0.25, 0.3) is 0 Å². The highest BCUT2D eigenvalue weighted by atomic mass is 32.2. The Labute approximate surface area is 167 Å². The summed E-state index contributed by atoms with van der Waals surface area (Å²) >= 11 is 0. The topological polar surface area (TPSA) is 105 Å². The van der Waals surface area contributed by atoms with E-state index in [0.717, 1.165) is 6.42 Å². The summed E-state index contributed by atoms with van der Waals surface area (Å²) in [6.07, 6.45) is 1.30. The van der Waals surface area contributed by atoms with Gasteiger partial charge in [-0.15, -0.1) is 0 Å². The predicted octanol–water partition coefficient (Wildman–Crippen LogP) is 2.62. The minimum atomic E-state index is -3.69. The van der Waals surface area contributed by atoms with Crippen molar-refractivity contribution in [3.63, 3.8) is 0 Å². The van der Waals surface area contributed by atoms with Crippen molar-refractivity contribution >= 4 is 15.9 Å². The van der Waals surface area contributed by atoms with E-state index in [9.17, 15) is 13.2 Å². The fourth-order valence-electron chi connectivity index (χ4n) is 3.61. The maximum atomic E-state index is 13.1. The molecule has 1 amide bonds. The Balaban J connectivity index is 2.28. The fraction of sp³-hybridized carbons (Fsp3) is 0.550. The molecule has 1 aromatic carbocycles. The molecule has 1 aliphatic heterocycles. The van der Waals surface area contributed by atoms with Gasteiger partial charge in [-0.3, -0.25) is 4.79 Å². The lowest BCUT2D eigenvalue weighted by molar-refractivity contribution is 0.0762. The van der Waals surface area contributed by atoms with E-state index < -0.39 is 10.0 Å². The highest BCUT2D eigenvalue weighted by molar-refractivity contribution is 7.89. The zero-order chi connectivity index (χ0) is 20.7. The van der Waals surface area contributed by atoms with Gasteiger partial charge in [-0.2, -0.15) is 14.8 Å². The van der Waals surface area contributed by atoms with Gasteiger partial charge in [0.05, 0.1) is 29.9 Å². The standard InChI is InChI=1S/C20H26N4O3S/c1-16-12-17(2)15-24(14-16)28(26,27)19-7-3-6-18(13-19)20(25)23(10-4-8-21)11-5-9-22/h3,6-7,13,16-17H,4-5,10-12,14-15H2,1-2H3. The molecule has 28 heavy (non-hydrogen) atoms. The van der Waals surface area contributed by atoms with E-state index in [1.54, 1.807) is 12.1 Å². The number of carbonyl (C=O) groups is 1. The van der Waals surface area contributed by atoms with Crippen molar-refractivity contribution in [2.45, 2.75) is 38.0 Å². The monoisotopic (exact) mass is 402 g/mol. The third-order valence-corrected chi connectivity index (χ3v) is 6.66. The Kier molecular flexibility index (Phi) is 7.56. The van der Waals surface area contributed by atoms with Crippen molar-refractivity contribution in [1.29, 1.82) is 10.5 Å². The Morgan fingerprint density at radius 1 is 1.14 bits per heavy atom. The number of hydrogen-bond acceptors (Lipinski definition) is 5. The highest BCUT2D eigenvalue weighted by Crippen LogP contribution is 2.27. The van der Waals surface area contributed by atoms with Crippen LogP contribution in [-0.2, 0) is 10.0 Å². The first-order chi connectivity index (χ1) is 13.3. The van der Waals surface area contributed by atoms with Crippen LogP contribution in [0.3, 0.4) is 0 Å². The zero-order valence-electron chi connectivity index (χ0n) is 16.3. The molecule has 7 nitrogen and oxygen atoms in total. The molecule has 2 atom stereocenters. The first kappa shape index (κ1) is 21.9. The molecule has 0 radical (unpaired) electrons. The summed E-state index contributed by atoms with van der Waals surface area (Å²) in [4.78, 5) is 14.3. The third kappa shape index (κ3) is 5.31. The van der Waals surface area contributed by atoms with Gasteiger partial charge in [-0.05, 0) is 36.5 Å². The molecule has 0 aliphatic carbocycles. The van der Waals surface area contributed by atoms with Gasteiger partial charge in [-0.25, -0.2) is 8.42 Å². The van der Waals surface area contributed by atoms with E-state index in [1.807, 2.05) is 26.0 Å². The SMILES string of the molecule is CC1CC(C)CN(S(=O)(=O)c2cccc(C(=O)N(CCC#N)CCC#N)c2)C1. The summed E-state index contributed by atoms with van der Waals surface area (Å²) in [5.74, 6) is 0.203. The van der Waals surface area contributed by atoms with Crippen molar-refractivity contribution in [1.82, 2.24) is 9.21 Å². The zero-order valence-corrected chi connectivity index (χ0v) is 17.2. The van der Waals surface area contributed by atoms with Crippen molar-refractivity contribution in [2.24, 2.45) is 11.8 Å². The molecular formula is C20H26N4O3S. The van der Waals surface area contributed by atoms with E-state index >= 15 is 0 Å². The quantitative estimate of drug-likeness (QED) is 0.697. The number of piperidine rings is 1. The van der Waals surface area contributed by atoms with Crippen LogP contribution in [0.1, 0.15) is 43.5 Å². The number of rotatable bonds is 7. The molecule has 1 saturated heterocycles. The largest absolute Gasteiger partial charge is 0.337 e. The number of amides is 1. The highest BCUT2D eigenvalue weighted by Gasteiger charge is 2.32. The second kappa shape index (κ2) is 9.68. The molecule has 0 aromatic heterocycles. The Morgan fingerprint density at radius 2 is 1.71 bits per heavy atom. The molecule has 1 heterocycles. The molecule has 150 valence electrons. The predicted molar refractivity (Wildman–Crippen MR) is 105 cm³/mol. The van der Waals surface area contributed by atoms with Crippen LogP contribution in [0.5, 0.6) is 0 Å². The van der Waals surface area contributed by atoms with Crippen LogP contribution in [-0.4, -0.2) is 49.7 Å². The molecule has 1 aliphatic rings. The lowest BCUT2D eigenvalue weighted by Gasteiger charge is -2.34. The van der Waals surface area contributed by atoms with Gasteiger partial charge in [0.25, 0.3) is 5.91 Å². The summed E-state index contributed by atoms with van der Waals surface area (Å²) in [7, 11) is -3.69. The molecule has 0 bridgehead atoms. The normalized spacial score (nSPS) is 20.1. The summed E-state index contributed by atoms with van der Waals surface area (Å²) in [5.41, 5.74) is 0.245. The first-order valence-corrected chi connectivity index (χ1v) is 10.9. The van der Waals surface area contributed by atoms with Crippen LogP contribution in [0.15, 0.2) is 29.2 Å². The first-order valence-electron chi connectivity index (χ1n) is 9.43. The smallest absolute Gasteiger partial charge is 0.253 e. The fourth-order valence-corrected chi connectivity index (χ4v) is 5.33. The minimum Gasteiger partial charge on any atom is -0.337 e. The number of nitrogens with zero attached hydrogens (tertiary/aromatic N) is 4. The average Bonchev–Trinajstić information content (AvgIpc) is 2.67. The van der Waals surface area contributed by atoms with Crippen LogP contribution < -0.4 is 0 Å².